The summed E-state index contributed by atoms with van der Waals surface area (Å²) in [6.07, 6.45) is 1.61. The topological polar surface area (TPSA) is 38.9 Å². The molecule has 2 nitrogen and oxygen atoms in total. The average molecular weight is 234 g/mol. The Morgan fingerprint density at radius 3 is 2.35 bits per heavy atom. The van der Waals surface area contributed by atoms with Crippen LogP contribution in [-0.2, 0) is 0 Å². The first kappa shape index (κ1) is 11.7. The molecule has 88 valence electrons. The highest BCUT2D eigenvalue weighted by Crippen LogP contribution is 2.25. The molecule has 0 aliphatic rings. The summed E-state index contributed by atoms with van der Waals surface area (Å²) in [5, 5.41) is 0. The molecule has 2 aromatic rings. The van der Waals surface area contributed by atoms with E-state index in [1.54, 1.807) is 25.3 Å². The van der Waals surface area contributed by atoms with Gasteiger partial charge in [-0.1, -0.05) is 12.1 Å². The van der Waals surface area contributed by atoms with Gasteiger partial charge in [0, 0.05) is 17.5 Å². The number of pyridine rings is 1. The van der Waals surface area contributed by atoms with E-state index in [2.05, 4.69) is 4.98 Å². The predicted octanol–water partition coefficient (Wildman–Crippen LogP) is 2.72. The Kier molecular flexibility index (Phi) is 3.15. The molecule has 1 heterocycles. The van der Waals surface area contributed by atoms with Gasteiger partial charge >= 0.3 is 0 Å². The monoisotopic (exact) mass is 234 g/mol. The fourth-order valence-electron chi connectivity index (χ4n) is 1.79. The van der Waals surface area contributed by atoms with Gasteiger partial charge in [-0.05, 0) is 30.7 Å². The zero-order valence-corrected chi connectivity index (χ0v) is 9.32. The van der Waals surface area contributed by atoms with Crippen molar-refractivity contribution in [3.63, 3.8) is 0 Å². The van der Waals surface area contributed by atoms with Crippen molar-refractivity contribution < 1.29 is 8.78 Å². The zero-order chi connectivity index (χ0) is 12.4. The Morgan fingerprint density at radius 1 is 1.12 bits per heavy atom. The molecule has 0 amide bonds. The van der Waals surface area contributed by atoms with Gasteiger partial charge in [0.2, 0.25) is 0 Å². The second kappa shape index (κ2) is 4.59. The number of halogens is 2. The first-order valence-corrected chi connectivity index (χ1v) is 5.22. The van der Waals surface area contributed by atoms with Crippen molar-refractivity contribution in [2.75, 3.05) is 0 Å². The third-order valence-electron chi connectivity index (χ3n) is 2.69. The van der Waals surface area contributed by atoms with E-state index in [4.69, 9.17) is 5.73 Å². The summed E-state index contributed by atoms with van der Waals surface area (Å²) in [5.41, 5.74) is 7.07. The maximum Gasteiger partial charge on any atom is 0.131 e. The smallest absolute Gasteiger partial charge is 0.131 e. The third kappa shape index (κ3) is 2.17. The van der Waals surface area contributed by atoms with Crippen molar-refractivity contribution in [3.05, 3.63) is 65.0 Å². The molecular weight excluding hydrogens is 222 g/mol. The van der Waals surface area contributed by atoms with Gasteiger partial charge in [-0.25, -0.2) is 8.78 Å². The summed E-state index contributed by atoms with van der Waals surface area (Å²) < 4.78 is 27.2. The summed E-state index contributed by atoms with van der Waals surface area (Å²) in [6, 6.07) is 6.29. The van der Waals surface area contributed by atoms with Crippen molar-refractivity contribution in [3.8, 4) is 0 Å². The molecular formula is C13H12F2N2. The zero-order valence-electron chi connectivity index (χ0n) is 9.32. The second-order valence-corrected chi connectivity index (χ2v) is 3.79. The number of aryl methyl sites for hydroxylation is 1. The molecule has 4 heteroatoms. The Bertz CT molecular complexity index is 520. The molecule has 0 spiro atoms. The standard InChI is InChI=1S/C13H12F2N2/c1-8-9(4-3-7-17-8)13(16)12-10(14)5-2-6-11(12)15/h2-7,13H,16H2,1H3. The van der Waals surface area contributed by atoms with Gasteiger partial charge < -0.3 is 5.73 Å². The number of nitrogens with two attached hydrogens (primary N) is 1. The van der Waals surface area contributed by atoms with Crippen LogP contribution in [0.25, 0.3) is 0 Å². The van der Waals surface area contributed by atoms with E-state index in [0.717, 1.165) is 0 Å². The second-order valence-electron chi connectivity index (χ2n) is 3.79. The van der Waals surface area contributed by atoms with Crippen molar-refractivity contribution in [1.82, 2.24) is 4.98 Å². The quantitative estimate of drug-likeness (QED) is 0.867. The van der Waals surface area contributed by atoms with Gasteiger partial charge in [-0.15, -0.1) is 0 Å². The van der Waals surface area contributed by atoms with Crippen molar-refractivity contribution in [2.24, 2.45) is 5.73 Å². The van der Waals surface area contributed by atoms with E-state index < -0.39 is 17.7 Å². The van der Waals surface area contributed by atoms with Crippen LogP contribution in [0.2, 0.25) is 0 Å². The van der Waals surface area contributed by atoms with E-state index in [1.807, 2.05) is 0 Å². The maximum atomic E-state index is 13.6. The minimum Gasteiger partial charge on any atom is -0.320 e. The maximum absolute atomic E-state index is 13.6. The SMILES string of the molecule is Cc1ncccc1C(N)c1c(F)cccc1F. The molecule has 0 saturated heterocycles. The molecule has 0 aliphatic carbocycles. The van der Waals surface area contributed by atoms with E-state index in [1.165, 1.54) is 18.2 Å². The lowest BCUT2D eigenvalue weighted by atomic mass is 9.97. The van der Waals surface area contributed by atoms with Crippen LogP contribution in [0, 0.1) is 18.6 Å². The van der Waals surface area contributed by atoms with Crippen LogP contribution in [0.4, 0.5) is 8.78 Å². The molecule has 0 aliphatic heterocycles. The highest BCUT2D eigenvalue weighted by atomic mass is 19.1. The summed E-state index contributed by atoms with van der Waals surface area (Å²) in [6.45, 7) is 1.76. The molecule has 1 unspecified atom stereocenters. The number of benzene rings is 1. The average Bonchev–Trinajstić information content (AvgIpc) is 2.29. The molecule has 2 rings (SSSR count). The van der Waals surface area contributed by atoms with Crippen LogP contribution in [0.5, 0.6) is 0 Å². The van der Waals surface area contributed by atoms with Gasteiger partial charge in [0.05, 0.1) is 6.04 Å². The number of aromatic nitrogens is 1. The van der Waals surface area contributed by atoms with Gasteiger partial charge in [0.15, 0.2) is 0 Å². The predicted molar refractivity (Wildman–Crippen MR) is 61.4 cm³/mol. The molecule has 0 radical (unpaired) electrons. The van der Waals surface area contributed by atoms with Crippen LogP contribution in [0.1, 0.15) is 22.9 Å². The number of hydrogen-bond donors (Lipinski definition) is 1. The summed E-state index contributed by atoms with van der Waals surface area (Å²) in [4.78, 5) is 4.06. The number of nitrogens with zero attached hydrogens (tertiary/aromatic N) is 1. The van der Waals surface area contributed by atoms with E-state index >= 15 is 0 Å². The Morgan fingerprint density at radius 2 is 1.76 bits per heavy atom. The van der Waals surface area contributed by atoms with Crippen molar-refractivity contribution in [2.45, 2.75) is 13.0 Å². The van der Waals surface area contributed by atoms with Crippen LogP contribution in [0.15, 0.2) is 36.5 Å². The molecule has 17 heavy (non-hydrogen) atoms. The first-order chi connectivity index (χ1) is 8.11. The summed E-state index contributed by atoms with van der Waals surface area (Å²) in [5.74, 6) is -1.28. The van der Waals surface area contributed by atoms with Crippen LogP contribution < -0.4 is 5.73 Å². The molecule has 0 fully saturated rings. The third-order valence-corrected chi connectivity index (χ3v) is 2.69. The minimum absolute atomic E-state index is 0.122. The van der Waals surface area contributed by atoms with Crippen LogP contribution in [-0.4, -0.2) is 4.98 Å². The summed E-state index contributed by atoms with van der Waals surface area (Å²) in [7, 11) is 0. The summed E-state index contributed by atoms with van der Waals surface area (Å²) >= 11 is 0. The highest BCUT2D eigenvalue weighted by Gasteiger charge is 2.19. The molecule has 0 bridgehead atoms. The van der Waals surface area contributed by atoms with E-state index in [9.17, 15) is 8.78 Å². The van der Waals surface area contributed by atoms with Gasteiger partial charge in [0.25, 0.3) is 0 Å². The Balaban J connectivity index is 2.51. The van der Waals surface area contributed by atoms with Crippen LogP contribution in [0.3, 0.4) is 0 Å². The minimum atomic E-state index is -0.843. The van der Waals surface area contributed by atoms with Crippen molar-refractivity contribution in [1.29, 1.82) is 0 Å². The highest BCUT2D eigenvalue weighted by molar-refractivity contribution is 5.34. The molecule has 1 aromatic heterocycles. The number of rotatable bonds is 2. The normalized spacial score (nSPS) is 12.5. The molecule has 1 aromatic carbocycles. The first-order valence-electron chi connectivity index (χ1n) is 5.22. The lowest BCUT2D eigenvalue weighted by Crippen LogP contribution is -2.17. The van der Waals surface area contributed by atoms with E-state index in [0.29, 0.717) is 11.3 Å². The van der Waals surface area contributed by atoms with Gasteiger partial charge in [0.1, 0.15) is 11.6 Å². The molecule has 2 N–H and O–H groups in total. The number of hydrogen-bond acceptors (Lipinski definition) is 2. The van der Waals surface area contributed by atoms with Gasteiger partial charge in [-0.3, -0.25) is 4.98 Å². The van der Waals surface area contributed by atoms with E-state index in [-0.39, 0.29) is 5.56 Å². The van der Waals surface area contributed by atoms with Gasteiger partial charge in [-0.2, -0.15) is 0 Å². The lowest BCUT2D eigenvalue weighted by Gasteiger charge is -2.15. The van der Waals surface area contributed by atoms with Crippen LogP contribution >= 0.6 is 0 Å². The fraction of sp³-hybridized carbons (Fsp3) is 0.154. The van der Waals surface area contributed by atoms with Crippen molar-refractivity contribution >= 4 is 0 Å². The molecule has 0 saturated carbocycles. The lowest BCUT2D eigenvalue weighted by molar-refractivity contribution is 0.542. The largest absolute Gasteiger partial charge is 0.320 e. The Labute approximate surface area is 98.1 Å². The Hall–Kier alpha value is -1.81. The molecule has 1 atom stereocenters. The fourth-order valence-corrected chi connectivity index (χ4v) is 1.79.